The first kappa shape index (κ1) is 22.7. The van der Waals surface area contributed by atoms with Crippen LogP contribution in [0.25, 0.3) is 11.1 Å². The van der Waals surface area contributed by atoms with Gasteiger partial charge < -0.3 is 24.9 Å². The summed E-state index contributed by atoms with van der Waals surface area (Å²) in [6, 6.07) is 18.4. The SMILES string of the molecule is O=C(O)[C@H](Cc1ccc(OCCCc2ccc3c(n2)NCCC3)cc1)Nc1nc2ccccc2o1. The minimum atomic E-state index is -0.974. The highest BCUT2D eigenvalue weighted by Gasteiger charge is 2.20. The van der Waals surface area contributed by atoms with Gasteiger partial charge in [0.2, 0.25) is 0 Å². The molecule has 1 aliphatic heterocycles. The lowest BCUT2D eigenvalue weighted by Crippen LogP contribution is -2.31. The summed E-state index contributed by atoms with van der Waals surface area (Å²) in [5.41, 5.74) is 4.53. The molecule has 0 radical (unpaired) electrons. The van der Waals surface area contributed by atoms with Gasteiger partial charge in [0.25, 0.3) is 6.01 Å². The molecule has 1 atom stereocenters. The van der Waals surface area contributed by atoms with Gasteiger partial charge in [0.05, 0.1) is 6.61 Å². The third kappa shape index (κ3) is 5.71. The van der Waals surface area contributed by atoms with E-state index in [0.717, 1.165) is 55.1 Å². The fourth-order valence-corrected chi connectivity index (χ4v) is 4.19. The topological polar surface area (TPSA) is 110 Å². The molecule has 180 valence electrons. The van der Waals surface area contributed by atoms with Crippen LogP contribution in [0.3, 0.4) is 0 Å². The third-order valence-electron chi connectivity index (χ3n) is 6.05. The molecule has 0 amide bonds. The number of aliphatic carboxylic acids is 1. The number of para-hydroxylation sites is 2. The first-order chi connectivity index (χ1) is 17.1. The maximum Gasteiger partial charge on any atom is 0.326 e. The van der Waals surface area contributed by atoms with Crippen molar-refractivity contribution in [1.29, 1.82) is 0 Å². The number of nitrogens with one attached hydrogen (secondary N) is 2. The van der Waals surface area contributed by atoms with E-state index in [2.05, 4.69) is 27.8 Å². The lowest BCUT2D eigenvalue weighted by atomic mass is 10.1. The largest absolute Gasteiger partial charge is 0.494 e. The Morgan fingerprint density at radius 2 is 1.97 bits per heavy atom. The molecule has 2 aromatic carbocycles. The van der Waals surface area contributed by atoms with Crippen LogP contribution >= 0.6 is 0 Å². The van der Waals surface area contributed by atoms with Gasteiger partial charge in [-0.15, -0.1) is 0 Å². The Labute approximate surface area is 203 Å². The van der Waals surface area contributed by atoms with E-state index >= 15 is 0 Å². The number of oxazole rings is 1. The predicted octanol–water partition coefficient (Wildman–Crippen LogP) is 4.70. The Morgan fingerprint density at radius 1 is 1.11 bits per heavy atom. The molecule has 2 aromatic heterocycles. The number of ether oxygens (including phenoxy) is 1. The van der Waals surface area contributed by atoms with Crippen molar-refractivity contribution in [2.45, 2.75) is 38.1 Å². The van der Waals surface area contributed by atoms with E-state index in [-0.39, 0.29) is 12.4 Å². The molecule has 0 saturated heterocycles. The summed E-state index contributed by atoms with van der Waals surface area (Å²) in [6.45, 7) is 1.57. The molecule has 3 heterocycles. The summed E-state index contributed by atoms with van der Waals surface area (Å²) >= 11 is 0. The van der Waals surface area contributed by atoms with Crippen molar-refractivity contribution in [3.8, 4) is 5.75 Å². The van der Waals surface area contributed by atoms with Gasteiger partial charge in [-0.1, -0.05) is 30.3 Å². The second-order valence-corrected chi connectivity index (χ2v) is 8.66. The Kier molecular flexibility index (Phi) is 6.79. The number of pyridine rings is 1. The van der Waals surface area contributed by atoms with Gasteiger partial charge in [-0.3, -0.25) is 0 Å². The summed E-state index contributed by atoms with van der Waals surface area (Å²) in [5, 5.41) is 15.9. The molecule has 8 nitrogen and oxygen atoms in total. The van der Waals surface area contributed by atoms with Crippen LogP contribution in [0.1, 0.15) is 29.7 Å². The minimum Gasteiger partial charge on any atom is -0.494 e. The molecule has 0 unspecified atom stereocenters. The molecule has 35 heavy (non-hydrogen) atoms. The van der Waals surface area contributed by atoms with Crippen LogP contribution in [-0.2, 0) is 24.1 Å². The molecule has 0 bridgehead atoms. The van der Waals surface area contributed by atoms with E-state index in [4.69, 9.17) is 14.1 Å². The van der Waals surface area contributed by atoms with E-state index in [0.29, 0.717) is 17.7 Å². The zero-order valence-electron chi connectivity index (χ0n) is 19.4. The number of hydrogen-bond donors (Lipinski definition) is 3. The van der Waals surface area contributed by atoms with Gasteiger partial charge in [0.1, 0.15) is 23.1 Å². The number of carboxylic acid groups (broad SMARTS) is 1. The molecule has 4 aromatic rings. The van der Waals surface area contributed by atoms with E-state index in [1.807, 2.05) is 42.5 Å². The van der Waals surface area contributed by atoms with Crippen molar-refractivity contribution in [2.75, 3.05) is 23.8 Å². The Hall–Kier alpha value is -4.07. The molecule has 0 saturated carbocycles. The molecular formula is C27H28N4O4. The van der Waals surface area contributed by atoms with Gasteiger partial charge in [0, 0.05) is 18.7 Å². The van der Waals surface area contributed by atoms with E-state index in [1.54, 1.807) is 6.07 Å². The number of hydrogen-bond acceptors (Lipinski definition) is 7. The molecule has 5 rings (SSSR count). The van der Waals surface area contributed by atoms with Crippen LogP contribution < -0.4 is 15.4 Å². The van der Waals surface area contributed by atoms with Gasteiger partial charge in [-0.05, 0) is 67.1 Å². The van der Waals surface area contributed by atoms with Crippen molar-refractivity contribution in [3.63, 3.8) is 0 Å². The van der Waals surface area contributed by atoms with Crippen LogP contribution in [0.4, 0.5) is 11.8 Å². The standard InChI is InChI=1S/C27H28N4O4/c32-26(33)23(31-27-30-22-7-1-2-8-24(22)35-27)17-18-9-13-21(14-10-18)34-16-4-6-20-12-11-19-5-3-15-28-25(19)29-20/h1-2,7-14,23H,3-6,15-17H2,(H,28,29)(H,30,31)(H,32,33)/t23-/m0/s1. The van der Waals surface area contributed by atoms with Crippen LogP contribution in [-0.4, -0.2) is 40.2 Å². The van der Waals surface area contributed by atoms with Gasteiger partial charge >= 0.3 is 5.97 Å². The average Bonchev–Trinajstić information content (AvgIpc) is 3.29. The molecule has 3 N–H and O–H groups in total. The number of aromatic nitrogens is 2. The van der Waals surface area contributed by atoms with Crippen molar-refractivity contribution in [3.05, 3.63) is 77.5 Å². The second-order valence-electron chi connectivity index (χ2n) is 8.66. The van der Waals surface area contributed by atoms with Crippen molar-refractivity contribution in [2.24, 2.45) is 0 Å². The Morgan fingerprint density at radius 3 is 2.80 bits per heavy atom. The molecule has 8 heteroatoms. The van der Waals surface area contributed by atoms with Crippen molar-refractivity contribution < 1.29 is 19.1 Å². The van der Waals surface area contributed by atoms with Crippen molar-refractivity contribution in [1.82, 2.24) is 9.97 Å². The first-order valence-electron chi connectivity index (χ1n) is 11.9. The molecular weight excluding hydrogens is 444 g/mol. The number of carbonyl (C=O) groups is 1. The van der Waals surface area contributed by atoms with Gasteiger partial charge in [0.15, 0.2) is 5.58 Å². The Bertz CT molecular complexity index is 1270. The average molecular weight is 473 g/mol. The summed E-state index contributed by atoms with van der Waals surface area (Å²) < 4.78 is 11.5. The molecule has 0 fully saturated rings. The Balaban J connectivity index is 1.11. The first-order valence-corrected chi connectivity index (χ1v) is 11.9. The van der Waals surface area contributed by atoms with Gasteiger partial charge in [-0.2, -0.15) is 4.98 Å². The smallest absolute Gasteiger partial charge is 0.326 e. The second kappa shape index (κ2) is 10.5. The maximum absolute atomic E-state index is 11.8. The normalized spacial score (nSPS) is 13.6. The van der Waals surface area contributed by atoms with E-state index < -0.39 is 12.0 Å². The van der Waals surface area contributed by atoms with Gasteiger partial charge in [-0.25, -0.2) is 9.78 Å². The maximum atomic E-state index is 11.8. The molecule has 1 aliphatic rings. The summed E-state index contributed by atoms with van der Waals surface area (Å²) in [6.07, 6.45) is 4.26. The third-order valence-corrected chi connectivity index (χ3v) is 6.05. The lowest BCUT2D eigenvalue weighted by Gasteiger charge is -2.17. The highest BCUT2D eigenvalue weighted by molar-refractivity contribution is 5.78. The van der Waals surface area contributed by atoms with Crippen LogP contribution in [0.2, 0.25) is 0 Å². The molecule has 0 aliphatic carbocycles. The number of aryl methyl sites for hydroxylation is 2. The summed E-state index contributed by atoms with van der Waals surface area (Å²) in [5.74, 6) is 0.807. The fourth-order valence-electron chi connectivity index (χ4n) is 4.19. The number of carboxylic acids is 1. The van der Waals surface area contributed by atoms with E-state index in [1.165, 1.54) is 5.56 Å². The number of rotatable bonds is 10. The summed E-state index contributed by atoms with van der Waals surface area (Å²) in [4.78, 5) is 20.8. The van der Waals surface area contributed by atoms with E-state index in [9.17, 15) is 9.90 Å². The number of benzene rings is 2. The van der Waals surface area contributed by atoms with Crippen LogP contribution in [0.15, 0.2) is 65.1 Å². The van der Waals surface area contributed by atoms with Crippen molar-refractivity contribution >= 4 is 28.9 Å². The minimum absolute atomic E-state index is 0.197. The highest BCUT2D eigenvalue weighted by atomic mass is 16.5. The number of anilines is 2. The predicted molar refractivity (Wildman–Crippen MR) is 134 cm³/mol. The lowest BCUT2D eigenvalue weighted by molar-refractivity contribution is -0.137. The zero-order valence-corrected chi connectivity index (χ0v) is 19.4. The number of fused-ring (bicyclic) bond motifs is 2. The highest BCUT2D eigenvalue weighted by Crippen LogP contribution is 2.22. The summed E-state index contributed by atoms with van der Waals surface area (Å²) in [7, 11) is 0. The zero-order chi connectivity index (χ0) is 24.0. The van der Waals surface area contributed by atoms with Crippen LogP contribution in [0, 0.1) is 0 Å². The quantitative estimate of drug-likeness (QED) is 0.285. The molecule has 0 spiro atoms. The fraction of sp³-hybridized carbons (Fsp3) is 0.296. The van der Waals surface area contributed by atoms with Crippen LogP contribution in [0.5, 0.6) is 5.75 Å². The monoisotopic (exact) mass is 472 g/mol. The number of nitrogens with zero attached hydrogens (tertiary/aromatic N) is 2.